The Hall–Kier alpha value is -2.35. The van der Waals surface area contributed by atoms with E-state index in [1.807, 2.05) is 26.8 Å². The van der Waals surface area contributed by atoms with Crippen molar-refractivity contribution in [2.24, 2.45) is 50.7 Å². The van der Waals surface area contributed by atoms with E-state index in [1.54, 1.807) is 0 Å². The van der Waals surface area contributed by atoms with Crippen molar-refractivity contribution in [1.82, 2.24) is 0 Å². The van der Waals surface area contributed by atoms with Gasteiger partial charge in [0.2, 0.25) is 0 Å². The summed E-state index contributed by atoms with van der Waals surface area (Å²) in [5.74, 6) is -4.89. The minimum absolute atomic E-state index is 0.0217. The molecular formula is C35H50O12. The first-order valence-corrected chi connectivity index (χ1v) is 16.9. The number of allylic oxidation sites excluding steroid dienone is 3. The van der Waals surface area contributed by atoms with Crippen molar-refractivity contribution >= 4 is 17.9 Å². The molecule has 0 bridgehead atoms. The molecule has 6 rings (SSSR count). The fourth-order valence-electron chi connectivity index (χ4n) is 12.0. The molecule has 47 heavy (non-hydrogen) atoms. The maximum Gasteiger partial charge on any atom is 0.312 e. The second-order valence-electron chi connectivity index (χ2n) is 16.2. The zero-order valence-electron chi connectivity index (χ0n) is 27.6. The Labute approximate surface area is 274 Å². The van der Waals surface area contributed by atoms with Gasteiger partial charge in [0, 0.05) is 11.3 Å². The van der Waals surface area contributed by atoms with E-state index in [1.165, 1.54) is 6.92 Å². The topological polar surface area (TPSA) is 211 Å². The van der Waals surface area contributed by atoms with Crippen molar-refractivity contribution in [2.75, 3.05) is 6.61 Å². The molecule has 5 fully saturated rings. The van der Waals surface area contributed by atoms with E-state index in [-0.39, 0.29) is 38.2 Å². The van der Waals surface area contributed by atoms with Gasteiger partial charge in [-0.2, -0.15) is 0 Å². The summed E-state index contributed by atoms with van der Waals surface area (Å²) in [5, 5.41) is 75.2. The van der Waals surface area contributed by atoms with Crippen LogP contribution in [0.3, 0.4) is 0 Å². The molecule has 0 aromatic carbocycles. The van der Waals surface area contributed by atoms with Gasteiger partial charge in [0.15, 0.2) is 6.29 Å². The zero-order chi connectivity index (χ0) is 34.6. The smallest absolute Gasteiger partial charge is 0.312 e. The Bertz CT molecular complexity index is 1390. The van der Waals surface area contributed by atoms with Crippen molar-refractivity contribution in [1.29, 1.82) is 0 Å². The highest BCUT2D eigenvalue weighted by atomic mass is 16.7. The van der Waals surface area contributed by atoms with E-state index in [0.29, 0.717) is 25.7 Å². The van der Waals surface area contributed by atoms with Crippen LogP contribution in [-0.2, 0) is 23.9 Å². The number of aliphatic hydroxyl groups excluding tert-OH is 4. The maximum absolute atomic E-state index is 13.9. The number of carboxylic acids is 3. The van der Waals surface area contributed by atoms with Crippen LogP contribution in [0.2, 0.25) is 0 Å². The van der Waals surface area contributed by atoms with Gasteiger partial charge in [-0.05, 0) is 81.5 Å². The molecule has 0 spiro atoms. The van der Waals surface area contributed by atoms with Gasteiger partial charge in [-0.1, -0.05) is 44.6 Å². The molecule has 0 aromatic heterocycles. The van der Waals surface area contributed by atoms with E-state index in [0.717, 1.165) is 11.1 Å². The molecule has 1 saturated heterocycles. The largest absolute Gasteiger partial charge is 0.481 e. The standard InChI is InChI=1S/C35H50O12/c1-16-8-10-34(29(42)43)13-12-32(4)18(23(34)17(16)2)6-7-22-31(3)14-19(36)26(47-27-25(39)24(38)20(37)15-46-27)33(5,28(40)41)21(31)9-11-35(22,32)30(44)45/h6,17,19-27,36-39H,1,7-15H2,2-5H3,(H,40,41)(H,42,43)(H,44,45)/t17-,19+,20+,21-,22-,23+,24+,25-,26+,27+,31+,32-,33+,34+,35-/m1/s1. The highest BCUT2D eigenvalue weighted by Crippen LogP contribution is 2.76. The maximum atomic E-state index is 13.9. The molecular weight excluding hydrogens is 612 g/mol. The van der Waals surface area contributed by atoms with Gasteiger partial charge in [-0.3, -0.25) is 14.4 Å². The first kappa shape index (κ1) is 34.5. The van der Waals surface area contributed by atoms with Gasteiger partial charge in [-0.15, -0.1) is 0 Å². The minimum Gasteiger partial charge on any atom is -0.481 e. The van der Waals surface area contributed by atoms with E-state index < -0.39 is 99.5 Å². The monoisotopic (exact) mass is 662 g/mol. The van der Waals surface area contributed by atoms with Crippen molar-refractivity contribution in [3.63, 3.8) is 0 Å². The van der Waals surface area contributed by atoms with Crippen LogP contribution in [0.25, 0.3) is 0 Å². The number of fused-ring (bicyclic) bond motifs is 7. The molecule has 0 aromatic rings. The summed E-state index contributed by atoms with van der Waals surface area (Å²) in [5.41, 5.74) is -4.18. The molecule has 1 aliphatic heterocycles. The van der Waals surface area contributed by atoms with Crippen LogP contribution in [0, 0.1) is 50.7 Å². The van der Waals surface area contributed by atoms with Gasteiger partial charge in [0.1, 0.15) is 24.4 Å². The predicted molar refractivity (Wildman–Crippen MR) is 165 cm³/mol. The van der Waals surface area contributed by atoms with E-state index in [9.17, 15) is 50.1 Å². The number of hydrogen-bond acceptors (Lipinski definition) is 9. The summed E-state index contributed by atoms with van der Waals surface area (Å²) in [4.78, 5) is 40.1. The summed E-state index contributed by atoms with van der Waals surface area (Å²) in [6.07, 6.45) is -4.45. The Kier molecular flexibility index (Phi) is 8.14. The summed E-state index contributed by atoms with van der Waals surface area (Å²) >= 11 is 0. The third-order valence-electron chi connectivity index (χ3n) is 14.6. The van der Waals surface area contributed by atoms with Crippen molar-refractivity contribution < 1.29 is 59.6 Å². The summed E-state index contributed by atoms with van der Waals surface area (Å²) < 4.78 is 11.4. The molecule has 7 N–H and O–H groups in total. The van der Waals surface area contributed by atoms with Gasteiger partial charge >= 0.3 is 17.9 Å². The van der Waals surface area contributed by atoms with E-state index in [2.05, 4.69) is 6.58 Å². The molecule has 262 valence electrons. The van der Waals surface area contributed by atoms with Crippen LogP contribution in [0.1, 0.15) is 79.1 Å². The second kappa shape index (κ2) is 11.1. The molecule has 0 radical (unpaired) electrons. The van der Waals surface area contributed by atoms with Gasteiger partial charge in [-0.25, -0.2) is 0 Å². The van der Waals surface area contributed by atoms with E-state index >= 15 is 0 Å². The average Bonchev–Trinajstić information content (AvgIpc) is 3.00. The van der Waals surface area contributed by atoms with Crippen LogP contribution in [0.15, 0.2) is 23.8 Å². The van der Waals surface area contributed by atoms with Gasteiger partial charge < -0.3 is 45.2 Å². The van der Waals surface area contributed by atoms with Crippen LogP contribution in [0.4, 0.5) is 0 Å². The van der Waals surface area contributed by atoms with Crippen LogP contribution in [-0.4, -0.2) is 97.1 Å². The molecule has 12 heteroatoms. The highest BCUT2D eigenvalue weighted by Gasteiger charge is 2.75. The quantitative estimate of drug-likeness (QED) is 0.167. The molecule has 5 aliphatic carbocycles. The van der Waals surface area contributed by atoms with Crippen molar-refractivity contribution in [3.8, 4) is 0 Å². The lowest BCUT2D eigenvalue weighted by atomic mass is 9.32. The lowest BCUT2D eigenvalue weighted by Gasteiger charge is -2.70. The highest BCUT2D eigenvalue weighted by molar-refractivity contribution is 5.81. The summed E-state index contributed by atoms with van der Waals surface area (Å²) in [7, 11) is 0. The van der Waals surface area contributed by atoms with Gasteiger partial charge in [0.25, 0.3) is 0 Å². The first-order chi connectivity index (χ1) is 21.8. The second-order valence-corrected chi connectivity index (χ2v) is 16.2. The number of carboxylic acid groups (broad SMARTS) is 3. The fraction of sp³-hybridized carbons (Fsp3) is 0.800. The Morgan fingerprint density at radius 3 is 2.19 bits per heavy atom. The van der Waals surface area contributed by atoms with Crippen molar-refractivity contribution in [3.05, 3.63) is 23.8 Å². The molecule has 4 saturated carbocycles. The third-order valence-corrected chi connectivity index (χ3v) is 14.6. The number of rotatable bonds is 5. The SMILES string of the molecule is C=C1CC[C@]2(C(=O)O)CC[C@]3(C)C(=CC[C@@H]4[C@@]5(C)C[C@H](O)[C@H](O[C@@H]6OC[C@H](O)[C@H](O)[C@H]6O)[C@@](C)(C(=O)O)[C@@H]5CC[C@]43C(=O)O)[C@@H]2[C@@H]1C. The molecule has 12 nitrogen and oxygen atoms in total. The number of hydrogen-bond donors (Lipinski definition) is 7. The first-order valence-electron chi connectivity index (χ1n) is 16.9. The Balaban J connectivity index is 1.43. The van der Waals surface area contributed by atoms with Crippen molar-refractivity contribution in [2.45, 2.75) is 116 Å². The predicted octanol–water partition coefficient (Wildman–Crippen LogP) is 2.57. The molecule has 15 atom stereocenters. The van der Waals surface area contributed by atoms with Crippen LogP contribution >= 0.6 is 0 Å². The molecule has 6 aliphatic rings. The van der Waals surface area contributed by atoms with E-state index in [4.69, 9.17) is 9.47 Å². The molecule has 0 amide bonds. The summed E-state index contributed by atoms with van der Waals surface area (Å²) in [6, 6.07) is 0. The van der Waals surface area contributed by atoms with Crippen LogP contribution in [0.5, 0.6) is 0 Å². The minimum atomic E-state index is -1.74. The number of ether oxygens (including phenoxy) is 2. The number of carbonyl (C=O) groups is 3. The average molecular weight is 663 g/mol. The number of aliphatic carboxylic acids is 3. The lowest BCUT2D eigenvalue weighted by Crippen LogP contribution is -2.71. The zero-order valence-corrected chi connectivity index (χ0v) is 27.6. The van der Waals surface area contributed by atoms with Crippen LogP contribution < -0.4 is 0 Å². The summed E-state index contributed by atoms with van der Waals surface area (Å²) in [6.45, 7) is 11.2. The molecule has 1 heterocycles. The van der Waals surface area contributed by atoms with Gasteiger partial charge in [0.05, 0.1) is 29.0 Å². The molecule has 0 unspecified atom stereocenters. The third kappa shape index (κ3) is 4.30. The number of aliphatic hydroxyl groups is 4. The normalized spacial score (nSPS) is 52.6. The Morgan fingerprint density at radius 1 is 0.894 bits per heavy atom. The fourth-order valence-corrected chi connectivity index (χ4v) is 12.0. The lowest BCUT2D eigenvalue weighted by molar-refractivity contribution is -0.322. The Morgan fingerprint density at radius 2 is 1.57 bits per heavy atom.